The van der Waals surface area contributed by atoms with E-state index in [1.54, 1.807) is 0 Å². The Hall–Kier alpha value is -0.0400. The Kier molecular flexibility index (Phi) is 11.4. The lowest BCUT2D eigenvalue weighted by molar-refractivity contribution is 0.239. The summed E-state index contributed by atoms with van der Waals surface area (Å²) >= 11 is 0. The normalized spacial score (nSPS) is 13.3. The first kappa shape index (κ1) is 16.0. The van der Waals surface area contributed by atoms with Crippen LogP contribution in [-0.2, 0) is 0 Å². The van der Waals surface area contributed by atoms with Crippen molar-refractivity contribution in [2.75, 3.05) is 13.6 Å². The van der Waals surface area contributed by atoms with Crippen LogP contribution < -0.4 is 0 Å². The van der Waals surface area contributed by atoms with Gasteiger partial charge in [-0.15, -0.1) is 0 Å². The summed E-state index contributed by atoms with van der Waals surface area (Å²) in [6.07, 6.45) is 12.6. The highest BCUT2D eigenvalue weighted by Crippen LogP contribution is 2.09. The number of nitrogens with zero attached hydrogens (tertiary/aromatic N) is 1. The molecular weight excluding hydrogens is 194 g/mol. The molecule has 0 aliphatic rings. The zero-order chi connectivity index (χ0) is 12.2. The molecule has 0 aromatic rings. The van der Waals surface area contributed by atoms with E-state index in [9.17, 15) is 0 Å². The molecule has 0 heterocycles. The van der Waals surface area contributed by atoms with E-state index >= 15 is 0 Å². The Balaban J connectivity index is 3.23. The van der Waals surface area contributed by atoms with Crippen LogP contribution in [0, 0.1) is 0 Å². The van der Waals surface area contributed by atoms with Crippen LogP contribution in [0.3, 0.4) is 0 Å². The second kappa shape index (κ2) is 11.4. The topological polar surface area (TPSA) is 3.24 Å². The molecule has 0 spiro atoms. The van der Waals surface area contributed by atoms with Crippen molar-refractivity contribution >= 4 is 0 Å². The average Bonchev–Trinajstić information content (AvgIpc) is 2.28. The van der Waals surface area contributed by atoms with Gasteiger partial charge in [-0.05, 0) is 33.4 Å². The second-order valence-corrected chi connectivity index (χ2v) is 5.24. The molecule has 0 amide bonds. The van der Waals surface area contributed by atoms with Crippen LogP contribution in [0.15, 0.2) is 0 Å². The Labute approximate surface area is 104 Å². The number of hydrogen-bond acceptors (Lipinski definition) is 1. The van der Waals surface area contributed by atoms with E-state index in [-0.39, 0.29) is 0 Å². The predicted molar refractivity (Wildman–Crippen MR) is 75.0 cm³/mol. The fourth-order valence-corrected chi connectivity index (χ4v) is 2.18. The Morgan fingerprint density at radius 1 is 0.812 bits per heavy atom. The van der Waals surface area contributed by atoms with Crippen molar-refractivity contribution in [1.82, 2.24) is 4.90 Å². The average molecular weight is 227 g/mol. The lowest BCUT2D eigenvalue weighted by atomic mass is 10.1. The van der Waals surface area contributed by atoms with Crippen molar-refractivity contribution in [2.24, 2.45) is 0 Å². The van der Waals surface area contributed by atoms with E-state index in [0.717, 1.165) is 6.04 Å². The van der Waals surface area contributed by atoms with E-state index in [4.69, 9.17) is 0 Å². The van der Waals surface area contributed by atoms with Crippen LogP contribution in [0.1, 0.15) is 78.6 Å². The SMILES string of the molecule is CCCCCCCCCN(C)C(C)CCC. The lowest BCUT2D eigenvalue weighted by Gasteiger charge is -2.24. The zero-order valence-electron chi connectivity index (χ0n) is 12.1. The summed E-state index contributed by atoms with van der Waals surface area (Å²) in [6, 6.07) is 0.769. The minimum Gasteiger partial charge on any atom is -0.304 e. The van der Waals surface area contributed by atoms with Crippen molar-refractivity contribution in [2.45, 2.75) is 84.6 Å². The molecule has 0 aromatic heterocycles. The Bertz CT molecular complexity index is 133. The molecule has 16 heavy (non-hydrogen) atoms. The largest absolute Gasteiger partial charge is 0.304 e. The van der Waals surface area contributed by atoms with Crippen LogP contribution in [0.25, 0.3) is 0 Å². The fraction of sp³-hybridized carbons (Fsp3) is 1.00. The van der Waals surface area contributed by atoms with Crippen LogP contribution >= 0.6 is 0 Å². The van der Waals surface area contributed by atoms with Crippen molar-refractivity contribution in [3.8, 4) is 0 Å². The molecule has 0 aromatic carbocycles. The summed E-state index contributed by atoms with van der Waals surface area (Å²) in [7, 11) is 2.28. The molecule has 1 heteroatoms. The standard InChI is InChI=1S/C15H33N/c1-5-7-8-9-10-11-12-14-16(4)15(3)13-6-2/h15H,5-14H2,1-4H3. The quantitative estimate of drug-likeness (QED) is 0.456. The van der Waals surface area contributed by atoms with Crippen LogP contribution in [0.2, 0.25) is 0 Å². The molecule has 1 atom stereocenters. The molecule has 0 saturated heterocycles. The highest BCUT2D eigenvalue weighted by atomic mass is 15.1. The highest BCUT2D eigenvalue weighted by Gasteiger charge is 2.06. The van der Waals surface area contributed by atoms with E-state index in [1.807, 2.05) is 0 Å². The molecule has 0 aliphatic heterocycles. The van der Waals surface area contributed by atoms with Gasteiger partial charge in [0, 0.05) is 6.04 Å². The molecule has 1 unspecified atom stereocenters. The molecule has 0 saturated carbocycles. The van der Waals surface area contributed by atoms with Crippen LogP contribution in [-0.4, -0.2) is 24.5 Å². The smallest absolute Gasteiger partial charge is 0.00637 e. The van der Waals surface area contributed by atoms with Gasteiger partial charge in [0.1, 0.15) is 0 Å². The lowest BCUT2D eigenvalue weighted by Crippen LogP contribution is -2.29. The van der Waals surface area contributed by atoms with E-state index in [2.05, 4.69) is 32.7 Å². The molecule has 98 valence electrons. The zero-order valence-corrected chi connectivity index (χ0v) is 12.1. The maximum atomic E-state index is 2.52. The molecule has 0 fully saturated rings. The third-order valence-electron chi connectivity index (χ3n) is 3.57. The van der Waals surface area contributed by atoms with Crippen LogP contribution in [0.4, 0.5) is 0 Å². The fourth-order valence-electron chi connectivity index (χ4n) is 2.18. The first-order valence-corrected chi connectivity index (χ1v) is 7.42. The van der Waals surface area contributed by atoms with Gasteiger partial charge in [0.25, 0.3) is 0 Å². The molecule has 0 rings (SSSR count). The van der Waals surface area contributed by atoms with Gasteiger partial charge in [-0.3, -0.25) is 0 Å². The van der Waals surface area contributed by atoms with Crippen molar-refractivity contribution in [3.63, 3.8) is 0 Å². The molecule has 0 radical (unpaired) electrons. The summed E-state index contributed by atoms with van der Waals surface area (Å²) < 4.78 is 0. The van der Waals surface area contributed by atoms with Gasteiger partial charge in [-0.25, -0.2) is 0 Å². The summed E-state index contributed by atoms with van der Waals surface area (Å²) in [5.74, 6) is 0. The minimum atomic E-state index is 0.769. The van der Waals surface area contributed by atoms with Gasteiger partial charge in [-0.1, -0.05) is 58.8 Å². The first-order chi connectivity index (χ1) is 7.72. The molecule has 1 nitrogen and oxygen atoms in total. The third-order valence-corrected chi connectivity index (χ3v) is 3.57. The molecule has 0 aliphatic carbocycles. The third kappa shape index (κ3) is 9.21. The highest BCUT2D eigenvalue weighted by molar-refractivity contribution is 4.62. The van der Waals surface area contributed by atoms with E-state index < -0.39 is 0 Å². The molecule has 0 bridgehead atoms. The monoisotopic (exact) mass is 227 g/mol. The van der Waals surface area contributed by atoms with Gasteiger partial charge >= 0.3 is 0 Å². The van der Waals surface area contributed by atoms with Gasteiger partial charge in [0.2, 0.25) is 0 Å². The summed E-state index contributed by atoms with van der Waals surface area (Å²) in [5, 5.41) is 0. The number of rotatable bonds is 11. The van der Waals surface area contributed by atoms with Gasteiger partial charge in [-0.2, -0.15) is 0 Å². The van der Waals surface area contributed by atoms with Crippen LogP contribution in [0.5, 0.6) is 0 Å². The minimum absolute atomic E-state index is 0.769. The number of unbranched alkanes of at least 4 members (excludes halogenated alkanes) is 6. The van der Waals surface area contributed by atoms with Crippen molar-refractivity contribution in [1.29, 1.82) is 0 Å². The number of hydrogen-bond donors (Lipinski definition) is 0. The summed E-state index contributed by atoms with van der Waals surface area (Å²) in [5.41, 5.74) is 0. The Morgan fingerprint density at radius 2 is 1.38 bits per heavy atom. The first-order valence-electron chi connectivity index (χ1n) is 7.42. The maximum absolute atomic E-state index is 2.52. The van der Waals surface area contributed by atoms with Gasteiger partial charge in [0.15, 0.2) is 0 Å². The second-order valence-electron chi connectivity index (χ2n) is 5.24. The van der Waals surface area contributed by atoms with Gasteiger partial charge in [0.05, 0.1) is 0 Å². The Morgan fingerprint density at radius 3 is 1.94 bits per heavy atom. The van der Waals surface area contributed by atoms with Gasteiger partial charge < -0.3 is 4.90 Å². The van der Waals surface area contributed by atoms with Crippen molar-refractivity contribution in [3.05, 3.63) is 0 Å². The van der Waals surface area contributed by atoms with E-state index in [1.165, 1.54) is 64.3 Å². The summed E-state index contributed by atoms with van der Waals surface area (Å²) in [6.45, 7) is 8.20. The van der Waals surface area contributed by atoms with Crippen molar-refractivity contribution < 1.29 is 0 Å². The predicted octanol–water partition coefficient (Wildman–Crippen LogP) is 4.86. The summed E-state index contributed by atoms with van der Waals surface area (Å²) in [4.78, 5) is 2.52. The van der Waals surface area contributed by atoms with E-state index in [0.29, 0.717) is 0 Å². The molecule has 0 N–H and O–H groups in total. The maximum Gasteiger partial charge on any atom is 0.00637 e. The molecular formula is C15H33N.